The van der Waals surface area contributed by atoms with Gasteiger partial charge in [-0.2, -0.15) is 0 Å². The van der Waals surface area contributed by atoms with Gasteiger partial charge in [0.25, 0.3) is 0 Å². The molecule has 1 N–H and O–H groups in total. The summed E-state index contributed by atoms with van der Waals surface area (Å²) in [6.45, 7) is 3.32. The van der Waals surface area contributed by atoms with Gasteiger partial charge in [-0.1, -0.05) is 0 Å². The fraction of sp³-hybridized carbons (Fsp3) is 0.667. The van der Waals surface area contributed by atoms with Crippen molar-refractivity contribution < 1.29 is 5.11 Å². The second-order valence-corrected chi connectivity index (χ2v) is 7.92. The van der Waals surface area contributed by atoms with E-state index in [-0.39, 0.29) is 6.61 Å². The summed E-state index contributed by atoms with van der Waals surface area (Å²) < 4.78 is 0. The topological polar surface area (TPSA) is 49.2 Å². The number of aliphatic hydroxyl groups excluding tert-OH is 1. The third kappa shape index (κ3) is 2.74. The first-order valence-electron chi connectivity index (χ1n) is 8.94. The molecule has 0 radical (unpaired) electrons. The maximum Gasteiger partial charge on any atom is 0.141 e. The molecule has 2 aromatic rings. The molecule has 4 nitrogen and oxygen atoms in total. The summed E-state index contributed by atoms with van der Waals surface area (Å²) in [5, 5.41) is 10.8. The smallest absolute Gasteiger partial charge is 0.141 e. The third-order valence-corrected chi connectivity index (χ3v) is 6.45. The highest BCUT2D eigenvalue weighted by Gasteiger charge is 2.28. The molecular weight excluding hydrogens is 306 g/mol. The molecule has 1 fully saturated rings. The molecule has 0 saturated carbocycles. The van der Waals surface area contributed by atoms with Gasteiger partial charge < -0.3 is 10.0 Å². The number of nitrogens with zero attached hydrogens (tertiary/aromatic N) is 3. The lowest BCUT2D eigenvalue weighted by molar-refractivity contribution is 0.262. The highest BCUT2D eigenvalue weighted by atomic mass is 32.1. The molecule has 0 amide bonds. The van der Waals surface area contributed by atoms with Crippen molar-refractivity contribution in [3.8, 4) is 0 Å². The van der Waals surface area contributed by atoms with Crippen LogP contribution in [0, 0.1) is 6.92 Å². The number of hydrogen-bond donors (Lipinski definition) is 1. The molecule has 124 valence electrons. The van der Waals surface area contributed by atoms with Crippen LogP contribution in [0.15, 0.2) is 0 Å². The number of anilines is 1. The van der Waals surface area contributed by atoms with Crippen LogP contribution in [-0.4, -0.2) is 34.3 Å². The number of thiophene rings is 1. The van der Waals surface area contributed by atoms with Crippen LogP contribution in [0.5, 0.6) is 0 Å². The van der Waals surface area contributed by atoms with Crippen molar-refractivity contribution in [1.29, 1.82) is 0 Å². The number of aliphatic hydroxyl groups is 1. The van der Waals surface area contributed by atoms with E-state index in [4.69, 9.17) is 9.97 Å². The Hall–Kier alpha value is -1.20. The molecule has 1 saturated heterocycles. The Morgan fingerprint density at radius 1 is 1.17 bits per heavy atom. The summed E-state index contributed by atoms with van der Waals surface area (Å²) in [5.74, 6) is 2.02. The molecule has 3 heterocycles. The lowest BCUT2D eigenvalue weighted by Crippen LogP contribution is -2.41. The minimum absolute atomic E-state index is 0.260. The number of aryl methyl sites for hydroxylation is 3. The van der Waals surface area contributed by atoms with Gasteiger partial charge >= 0.3 is 0 Å². The molecule has 1 atom stereocenters. The Kier molecular flexibility index (Phi) is 4.24. The first-order valence-corrected chi connectivity index (χ1v) is 9.76. The van der Waals surface area contributed by atoms with Crippen molar-refractivity contribution in [2.45, 2.75) is 64.3 Å². The van der Waals surface area contributed by atoms with Crippen LogP contribution in [0.2, 0.25) is 0 Å². The predicted molar refractivity (Wildman–Crippen MR) is 95.5 cm³/mol. The van der Waals surface area contributed by atoms with Crippen molar-refractivity contribution in [2.24, 2.45) is 0 Å². The standard InChI is InChI=1S/C18H25N3OS/c1-12-19-17(21-10-5-4-6-13(21)9-11-22)16-14-7-2-3-8-15(14)23-18(16)20-12/h13,22H,2-11H2,1H3. The molecule has 1 unspecified atom stereocenters. The zero-order valence-electron chi connectivity index (χ0n) is 13.8. The summed E-state index contributed by atoms with van der Waals surface area (Å²) in [7, 11) is 0. The highest BCUT2D eigenvalue weighted by molar-refractivity contribution is 7.19. The molecule has 4 rings (SSSR count). The fourth-order valence-corrected chi connectivity index (χ4v) is 5.48. The summed E-state index contributed by atoms with van der Waals surface area (Å²) in [6.07, 6.45) is 9.45. The van der Waals surface area contributed by atoms with Gasteiger partial charge in [0.05, 0.1) is 5.39 Å². The van der Waals surface area contributed by atoms with E-state index in [9.17, 15) is 5.11 Å². The lowest BCUT2D eigenvalue weighted by atomic mass is 9.95. The predicted octanol–water partition coefficient (Wildman–Crippen LogP) is 3.62. The largest absolute Gasteiger partial charge is 0.396 e. The van der Waals surface area contributed by atoms with Gasteiger partial charge in [0.15, 0.2) is 0 Å². The van der Waals surface area contributed by atoms with E-state index in [0.29, 0.717) is 6.04 Å². The molecule has 1 aliphatic carbocycles. The summed E-state index contributed by atoms with van der Waals surface area (Å²) in [6, 6.07) is 0.422. The van der Waals surface area contributed by atoms with Gasteiger partial charge in [-0.15, -0.1) is 11.3 Å². The van der Waals surface area contributed by atoms with Gasteiger partial charge in [-0.25, -0.2) is 9.97 Å². The van der Waals surface area contributed by atoms with E-state index in [1.54, 1.807) is 0 Å². The zero-order chi connectivity index (χ0) is 15.8. The normalized spacial score (nSPS) is 21.7. The minimum Gasteiger partial charge on any atom is -0.396 e. The lowest BCUT2D eigenvalue weighted by Gasteiger charge is -2.37. The molecule has 2 aromatic heterocycles. The van der Waals surface area contributed by atoms with Gasteiger partial charge in [0.1, 0.15) is 16.5 Å². The van der Waals surface area contributed by atoms with Crippen LogP contribution in [-0.2, 0) is 12.8 Å². The molecular formula is C18H25N3OS. The molecule has 2 aliphatic rings. The van der Waals surface area contributed by atoms with E-state index in [2.05, 4.69) is 4.90 Å². The molecule has 0 aromatic carbocycles. The number of piperidine rings is 1. The van der Waals surface area contributed by atoms with Crippen molar-refractivity contribution >= 4 is 27.4 Å². The summed E-state index contributed by atoms with van der Waals surface area (Å²) in [4.78, 5) is 14.8. The van der Waals surface area contributed by atoms with Gasteiger partial charge in [-0.3, -0.25) is 0 Å². The molecule has 0 spiro atoms. The van der Waals surface area contributed by atoms with E-state index < -0.39 is 0 Å². The van der Waals surface area contributed by atoms with E-state index in [1.165, 1.54) is 59.2 Å². The zero-order valence-corrected chi connectivity index (χ0v) is 14.7. The number of aromatic nitrogens is 2. The van der Waals surface area contributed by atoms with Crippen LogP contribution in [0.25, 0.3) is 10.2 Å². The SMILES string of the molecule is Cc1nc(N2CCCCC2CCO)c2c3c(sc2n1)CCCC3. The van der Waals surface area contributed by atoms with Crippen molar-refractivity contribution in [3.05, 3.63) is 16.3 Å². The van der Waals surface area contributed by atoms with E-state index >= 15 is 0 Å². The van der Waals surface area contributed by atoms with E-state index in [0.717, 1.165) is 31.0 Å². The Balaban J connectivity index is 1.86. The first-order chi connectivity index (χ1) is 11.3. The Morgan fingerprint density at radius 2 is 2.04 bits per heavy atom. The van der Waals surface area contributed by atoms with Crippen molar-refractivity contribution in [2.75, 3.05) is 18.1 Å². The second kappa shape index (κ2) is 6.36. The maximum absolute atomic E-state index is 9.45. The van der Waals surface area contributed by atoms with Crippen LogP contribution in [0.4, 0.5) is 5.82 Å². The first kappa shape index (κ1) is 15.3. The van der Waals surface area contributed by atoms with Crippen LogP contribution < -0.4 is 4.90 Å². The van der Waals surface area contributed by atoms with E-state index in [1.807, 2.05) is 18.3 Å². The summed E-state index contributed by atoms with van der Waals surface area (Å²) >= 11 is 1.88. The third-order valence-electron chi connectivity index (χ3n) is 5.27. The van der Waals surface area contributed by atoms with Crippen molar-refractivity contribution in [3.63, 3.8) is 0 Å². The monoisotopic (exact) mass is 331 g/mol. The average Bonchev–Trinajstić information content (AvgIpc) is 2.93. The number of rotatable bonds is 3. The van der Waals surface area contributed by atoms with Crippen LogP contribution in [0.1, 0.15) is 54.8 Å². The number of fused-ring (bicyclic) bond motifs is 3. The molecule has 5 heteroatoms. The van der Waals surface area contributed by atoms with Gasteiger partial charge in [-0.05, 0) is 63.9 Å². The molecule has 23 heavy (non-hydrogen) atoms. The van der Waals surface area contributed by atoms with Gasteiger partial charge in [0.2, 0.25) is 0 Å². The minimum atomic E-state index is 0.260. The Morgan fingerprint density at radius 3 is 2.91 bits per heavy atom. The molecule has 0 bridgehead atoms. The average molecular weight is 331 g/mol. The summed E-state index contributed by atoms with van der Waals surface area (Å²) in [5.41, 5.74) is 1.51. The quantitative estimate of drug-likeness (QED) is 0.933. The van der Waals surface area contributed by atoms with Crippen molar-refractivity contribution in [1.82, 2.24) is 9.97 Å². The Bertz CT molecular complexity index is 710. The Labute approximate surface area is 141 Å². The molecule has 1 aliphatic heterocycles. The maximum atomic E-state index is 9.45. The number of hydrogen-bond acceptors (Lipinski definition) is 5. The van der Waals surface area contributed by atoms with Gasteiger partial charge in [0, 0.05) is 24.1 Å². The van der Waals surface area contributed by atoms with Crippen LogP contribution >= 0.6 is 11.3 Å². The second-order valence-electron chi connectivity index (χ2n) is 6.84. The van der Waals surface area contributed by atoms with Crippen LogP contribution in [0.3, 0.4) is 0 Å². The highest BCUT2D eigenvalue weighted by Crippen LogP contribution is 2.41. The fourth-order valence-electron chi connectivity index (χ4n) is 4.18.